The molecule has 0 rings (SSSR count). The minimum Gasteiger partial charge on any atom is -1.00 e. The van der Waals surface area contributed by atoms with Crippen molar-refractivity contribution in [3.63, 3.8) is 0 Å². The quantitative estimate of drug-likeness (QED) is 0.380. The van der Waals surface area contributed by atoms with Crippen LogP contribution in [0.5, 0.6) is 0 Å². The minimum absolute atomic E-state index is 0. The summed E-state index contributed by atoms with van der Waals surface area (Å²) < 4.78 is 0. The second-order valence-electron chi connectivity index (χ2n) is 1.88. The Kier molecular flexibility index (Phi) is 11.1. The largest absolute Gasteiger partial charge is 1.00 e. The van der Waals surface area contributed by atoms with E-state index in [-0.39, 0.29) is 52.8 Å². The molecular formula is C5H13KN2O2. The Morgan fingerprint density at radius 3 is 2.50 bits per heavy atom. The summed E-state index contributed by atoms with van der Waals surface area (Å²) in [5, 5.41) is 8.24. The normalized spacial score (nSPS) is 11.8. The molecule has 5 N–H and O–H groups in total. The molecular weight excluding hydrogens is 159 g/mol. The Balaban J connectivity index is -0.000000320. The molecule has 1 atom stereocenters. The summed E-state index contributed by atoms with van der Waals surface area (Å²) in [6.07, 6.45) is 1.14. The molecule has 0 aromatic rings. The molecule has 0 aromatic carbocycles. The number of carboxylic acid groups (broad SMARTS) is 1. The third kappa shape index (κ3) is 7.14. The topological polar surface area (TPSA) is 89.3 Å². The summed E-state index contributed by atoms with van der Waals surface area (Å²) in [6, 6.07) is -0.742. The van der Waals surface area contributed by atoms with Gasteiger partial charge in [0.2, 0.25) is 0 Å². The first-order valence-electron chi connectivity index (χ1n) is 2.87. The second kappa shape index (κ2) is 8.13. The van der Waals surface area contributed by atoms with Gasteiger partial charge < -0.3 is 18.0 Å². The van der Waals surface area contributed by atoms with Crippen LogP contribution in [0.4, 0.5) is 0 Å². The van der Waals surface area contributed by atoms with Gasteiger partial charge in [0, 0.05) is 0 Å². The Labute approximate surface area is 104 Å². The Bertz CT molecular complexity index is 104. The van der Waals surface area contributed by atoms with Crippen molar-refractivity contribution in [1.82, 2.24) is 0 Å². The molecule has 0 spiro atoms. The van der Waals surface area contributed by atoms with E-state index in [2.05, 4.69) is 0 Å². The molecule has 0 aliphatic heterocycles. The van der Waals surface area contributed by atoms with Gasteiger partial charge >= 0.3 is 57.4 Å². The standard InChI is InChI=1S/C5H12N2O2.K.H/c6-3-1-2-4(7)5(8)9;;/h4H,1-3,6-7H2,(H,8,9);;/q;+1;-1/t4-;;/m1../s1. The van der Waals surface area contributed by atoms with Gasteiger partial charge in [0.15, 0.2) is 0 Å². The van der Waals surface area contributed by atoms with Crippen molar-refractivity contribution >= 4 is 5.97 Å². The van der Waals surface area contributed by atoms with Crippen LogP contribution in [0.25, 0.3) is 0 Å². The van der Waals surface area contributed by atoms with E-state index in [1.807, 2.05) is 0 Å². The van der Waals surface area contributed by atoms with Crippen LogP contribution < -0.4 is 62.9 Å². The SMILES string of the molecule is NCCC[C@@H](N)C(=O)O.[H-].[K+]. The predicted octanol–water partition coefficient (Wildman–Crippen LogP) is -3.75. The number of carbonyl (C=O) groups is 1. The maximum atomic E-state index is 10.0. The Morgan fingerprint density at radius 2 is 2.20 bits per heavy atom. The zero-order valence-electron chi connectivity index (χ0n) is 7.21. The van der Waals surface area contributed by atoms with E-state index in [4.69, 9.17) is 16.6 Å². The number of aliphatic carboxylic acids is 1. The van der Waals surface area contributed by atoms with Gasteiger partial charge in [-0.25, -0.2) is 0 Å². The van der Waals surface area contributed by atoms with Crippen molar-refractivity contribution in [2.45, 2.75) is 18.9 Å². The maximum absolute atomic E-state index is 10.0. The number of hydrogen-bond donors (Lipinski definition) is 3. The van der Waals surface area contributed by atoms with Gasteiger partial charge in [-0.3, -0.25) is 4.79 Å². The van der Waals surface area contributed by atoms with Gasteiger partial charge in [-0.15, -0.1) is 0 Å². The van der Waals surface area contributed by atoms with E-state index in [0.29, 0.717) is 19.4 Å². The summed E-state index contributed by atoms with van der Waals surface area (Å²) in [5.41, 5.74) is 10.3. The monoisotopic (exact) mass is 172 g/mol. The van der Waals surface area contributed by atoms with Gasteiger partial charge in [-0.1, -0.05) is 0 Å². The van der Waals surface area contributed by atoms with Crippen LogP contribution in [0.15, 0.2) is 0 Å². The van der Waals surface area contributed by atoms with Crippen LogP contribution in [0, 0.1) is 0 Å². The molecule has 0 heterocycles. The second-order valence-corrected chi connectivity index (χ2v) is 1.88. The van der Waals surface area contributed by atoms with Gasteiger partial charge in [0.1, 0.15) is 6.04 Å². The summed E-state index contributed by atoms with van der Waals surface area (Å²) in [6.45, 7) is 0.501. The molecule has 4 nitrogen and oxygen atoms in total. The molecule has 56 valence electrons. The molecule has 0 aromatic heterocycles. The molecule has 0 aliphatic carbocycles. The van der Waals surface area contributed by atoms with Crippen LogP contribution >= 0.6 is 0 Å². The smallest absolute Gasteiger partial charge is 1.00 e. The number of nitrogens with two attached hydrogens (primary N) is 2. The van der Waals surface area contributed by atoms with Crippen molar-refractivity contribution in [3.8, 4) is 0 Å². The van der Waals surface area contributed by atoms with E-state index in [1.54, 1.807) is 0 Å². The van der Waals surface area contributed by atoms with E-state index < -0.39 is 12.0 Å². The third-order valence-electron chi connectivity index (χ3n) is 1.04. The zero-order chi connectivity index (χ0) is 7.28. The number of carboxylic acids is 1. The summed E-state index contributed by atoms with van der Waals surface area (Å²) >= 11 is 0. The van der Waals surface area contributed by atoms with E-state index in [9.17, 15) is 4.79 Å². The maximum Gasteiger partial charge on any atom is 1.00 e. The van der Waals surface area contributed by atoms with Gasteiger partial charge in [0.25, 0.3) is 0 Å². The van der Waals surface area contributed by atoms with E-state index in [0.717, 1.165) is 0 Å². The van der Waals surface area contributed by atoms with E-state index >= 15 is 0 Å². The summed E-state index contributed by atoms with van der Waals surface area (Å²) in [7, 11) is 0. The first-order valence-corrected chi connectivity index (χ1v) is 2.87. The predicted molar refractivity (Wildman–Crippen MR) is 35.0 cm³/mol. The van der Waals surface area contributed by atoms with Gasteiger partial charge in [0.05, 0.1) is 0 Å². The van der Waals surface area contributed by atoms with Crippen molar-refractivity contribution in [2.75, 3.05) is 6.54 Å². The van der Waals surface area contributed by atoms with Gasteiger partial charge in [-0.05, 0) is 19.4 Å². The average Bonchev–Trinajstić information content (AvgIpc) is 1.82. The fourth-order valence-electron chi connectivity index (χ4n) is 0.461. The molecule has 5 heteroatoms. The van der Waals surface area contributed by atoms with Crippen molar-refractivity contribution in [3.05, 3.63) is 0 Å². The molecule has 10 heavy (non-hydrogen) atoms. The molecule has 0 fully saturated rings. The Morgan fingerprint density at radius 1 is 1.70 bits per heavy atom. The fraction of sp³-hybridized carbons (Fsp3) is 0.800. The molecule has 0 bridgehead atoms. The Hall–Kier alpha value is 1.03. The van der Waals surface area contributed by atoms with Crippen molar-refractivity contribution in [2.24, 2.45) is 11.5 Å². The molecule has 0 saturated heterocycles. The summed E-state index contributed by atoms with van der Waals surface area (Å²) in [5.74, 6) is -0.955. The van der Waals surface area contributed by atoms with Crippen LogP contribution in [0.1, 0.15) is 14.3 Å². The first-order chi connectivity index (χ1) is 4.18. The van der Waals surface area contributed by atoms with Crippen molar-refractivity contribution in [1.29, 1.82) is 0 Å². The van der Waals surface area contributed by atoms with E-state index in [1.165, 1.54) is 0 Å². The number of rotatable bonds is 4. The average molecular weight is 172 g/mol. The first kappa shape index (κ1) is 13.6. The third-order valence-corrected chi connectivity index (χ3v) is 1.04. The fourth-order valence-corrected chi connectivity index (χ4v) is 0.461. The van der Waals surface area contributed by atoms with Gasteiger partial charge in [-0.2, -0.15) is 0 Å². The molecule has 0 amide bonds. The summed E-state index contributed by atoms with van der Waals surface area (Å²) in [4.78, 5) is 10.0. The molecule has 0 aliphatic rings. The number of hydrogen-bond acceptors (Lipinski definition) is 3. The van der Waals surface area contributed by atoms with Crippen molar-refractivity contribution < 1.29 is 62.7 Å². The molecule has 0 saturated carbocycles. The molecule has 0 radical (unpaired) electrons. The van der Waals surface area contributed by atoms with Crippen LogP contribution in [0.3, 0.4) is 0 Å². The van der Waals surface area contributed by atoms with Crippen LogP contribution in [0.2, 0.25) is 0 Å². The van der Waals surface area contributed by atoms with Crippen LogP contribution in [-0.2, 0) is 4.79 Å². The minimum atomic E-state index is -0.955. The molecule has 0 unspecified atom stereocenters. The van der Waals surface area contributed by atoms with Crippen LogP contribution in [-0.4, -0.2) is 23.7 Å². The zero-order valence-corrected chi connectivity index (χ0v) is 9.33.